The van der Waals surface area contributed by atoms with E-state index in [1.165, 1.54) is 24.1 Å². The average Bonchev–Trinajstić information content (AvgIpc) is 2.67. The van der Waals surface area contributed by atoms with Gasteiger partial charge in [-0.15, -0.1) is 0 Å². The molecule has 2 amide bonds. The molecule has 0 fully saturated rings. The summed E-state index contributed by atoms with van der Waals surface area (Å²) in [5, 5.41) is 2.75. The normalized spacial score (nSPS) is 9.96. The molecule has 2 aromatic carbocycles. The van der Waals surface area contributed by atoms with Crippen LogP contribution in [0.3, 0.4) is 0 Å². The number of esters is 1. The number of carbonyl (C=O) groups excluding carboxylic acids is 3. The van der Waals surface area contributed by atoms with Crippen LogP contribution < -0.4 is 10.2 Å². The highest BCUT2D eigenvalue weighted by Crippen LogP contribution is 2.18. The van der Waals surface area contributed by atoms with Gasteiger partial charge in [0.1, 0.15) is 0 Å². The predicted molar refractivity (Wildman–Crippen MR) is 97.6 cm³/mol. The van der Waals surface area contributed by atoms with Crippen LogP contribution >= 0.6 is 0 Å². The van der Waals surface area contributed by atoms with Crippen molar-refractivity contribution in [2.45, 2.75) is 6.92 Å². The number of benzene rings is 2. The van der Waals surface area contributed by atoms with Crippen LogP contribution in [0.4, 0.5) is 16.2 Å². The highest BCUT2D eigenvalue weighted by Gasteiger charge is 2.12. The number of hydrogen-bond donors (Lipinski definition) is 1. The van der Waals surface area contributed by atoms with Crippen LogP contribution in [0.1, 0.15) is 27.6 Å². The second-order valence-electron chi connectivity index (χ2n) is 5.33. The summed E-state index contributed by atoms with van der Waals surface area (Å²) in [4.78, 5) is 36.7. The molecule has 7 nitrogen and oxygen atoms in total. The predicted octanol–water partition coefficient (Wildman–Crippen LogP) is 3.32. The Balaban J connectivity index is 2.03. The van der Waals surface area contributed by atoms with E-state index in [1.54, 1.807) is 50.4 Å². The van der Waals surface area contributed by atoms with Crippen LogP contribution in [0, 0.1) is 0 Å². The minimum Gasteiger partial charge on any atom is -0.465 e. The van der Waals surface area contributed by atoms with Crippen molar-refractivity contribution in [3.8, 4) is 0 Å². The molecule has 0 saturated carbocycles. The van der Waals surface area contributed by atoms with Gasteiger partial charge in [0.05, 0.1) is 19.3 Å². The fraction of sp³-hybridized carbons (Fsp3) is 0.211. The zero-order valence-corrected chi connectivity index (χ0v) is 14.8. The van der Waals surface area contributed by atoms with E-state index < -0.39 is 12.1 Å². The molecule has 0 aliphatic carbocycles. The first-order valence-corrected chi connectivity index (χ1v) is 7.96. The van der Waals surface area contributed by atoms with Crippen molar-refractivity contribution in [3.05, 3.63) is 59.7 Å². The summed E-state index contributed by atoms with van der Waals surface area (Å²) in [6.45, 7) is 2.04. The van der Waals surface area contributed by atoms with E-state index in [1.807, 2.05) is 0 Å². The Bertz CT molecular complexity index is 785. The summed E-state index contributed by atoms with van der Waals surface area (Å²) in [6.07, 6.45) is -0.449. The van der Waals surface area contributed by atoms with Gasteiger partial charge < -0.3 is 14.8 Å². The van der Waals surface area contributed by atoms with E-state index in [9.17, 15) is 14.4 Å². The Kier molecular flexibility index (Phi) is 6.32. The van der Waals surface area contributed by atoms with Crippen molar-refractivity contribution in [1.82, 2.24) is 0 Å². The molecule has 0 heterocycles. The summed E-state index contributed by atoms with van der Waals surface area (Å²) < 4.78 is 9.55. The molecule has 0 saturated heterocycles. The summed E-state index contributed by atoms with van der Waals surface area (Å²) >= 11 is 0. The first kappa shape index (κ1) is 19.0. The SMILES string of the molecule is CCOC(=O)N(C)c1ccc(NC(=O)c2ccc(C(=O)OC)cc2)cc1. The zero-order chi connectivity index (χ0) is 19.1. The second-order valence-corrected chi connectivity index (χ2v) is 5.33. The molecule has 2 aromatic rings. The maximum absolute atomic E-state index is 12.3. The van der Waals surface area contributed by atoms with Gasteiger partial charge in [0.15, 0.2) is 0 Å². The highest BCUT2D eigenvalue weighted by atomic mass is 16.6. The van der Waals surface area contributed by atoms with Crippen LogP contribution in [-0.4, -0.2) is 38.7 Å². The highest BCUT2D eigenvalue weighted by molar-refractivity contribution is 6.05. The topological polar surface area (TPSA) is 84.9 Å². The first-order valence-electron chi connectivity index (χ1n) is 7.96. The summed E-state index contributed by atoms with van der Waals surface area (Å²) in [7, 11) is 2.90. The van der Waals surface area contributed by atoms with E-state index in [2.05, 4.69) is 10.1 Å². The molecule has 1 N–H and O–H groups in total. The van der Waals surface area contributed by atoms with Gasteiger partial charge in [-0.05, 0) is 55.5 Å². The Morgan fingerprint density at radius 2 is 1.54 bits per heavy atom. The number of rotatable bonds is 5. The van der Waals surface area contributed by atoms with Gasteiger partial charge in [0.25, 0.3) is 5.91 Å². The first-order chi connectivity index (χ1) is 12.5. The van der Waals surface area contributed by atoms with E-state index in [4.69, 9.17) is 4.74 Å². The molecule has 0 aliphatic rings. The smallest absolute Gasteiger partial charge is 0.413 e. The number of hydrogen-bond acceptors (Lipinski definition) is 5. The summed E-state index contributed by atoms with van der Waals surface area (Å²) in [5.41, 5.74) is 2.00. The third kappa shape index (κ3) is 4.60. The number of nitrogens with one attached hydrogen (secondary N) is 1. The lowest BCUT2D eigenvalue weighted by Gasteiger charge is -2.17. The molecule has 0 spiro atoms. The van der Waals surface area contributed by atoms with Crippen LogP contribution in [-0.2, 0) is 9.47 Å². The van der Waals surface area contributed by atoms with Crippen molar-refractivity contribution >= 4 is 29.3 Å². The minimum absolute atomic E-state index is 0.298. The molecule has 0 bridgehead atoms. The molecular weight excluding hydrogens is 336 g/mol. The second kappa shape index (κ2) is 8.66. The third-order valence-electron chi connectivity index (χ3n) is 3.62. The number of ether oxygens (including phenoxy) is 2. The molecule has 0 radical (unpaired) electrons. The Labute approximate surface area is 151 Å². The lowest BCUT2D eigenvalue weighted by atomic mass is 10.1. The van der Waals surface area contributed by atoms with E-state index in [0.717, 1.165) is 0 Å². The third-order valence-corrected chi connectivity index (χ3v) is 3.62. The van der Waals surface area contributed by atoms with Crippen molar-refractivity contribution in [1.29, 1.82) is 0 Å². The van der Waals surface area contributed by atoms with Crippen LogP contribution in [0.15, 0.2) is 48.5 Å². The van der Waals surface area contributed by atoms with E-state index in [0.29, 0.717) is 29.1 Å². The summed E-state index contributed by atoms with van der Waals surface area (Å²) in [6, 6.07) is 12.9. The van der Waals surface area contributed by atoms with Gasteiger partial charge in [0, 0.05) is 24.0 Å². The van der Waals surface area contributed by atoms with Crippen molar-refractivity contribution in [2.24, 2.45) is 0 Å². The molecule has 26 heavy (non-hydrogen) atoms. The van der Waals surface area contributed by atoms with Crippen LogP contribution in [0.2, 0.25) is 0 Å². The zero-order valence-electron chi connectivity index (χ0n) is 14.8. The maximum atomic E-state index is 12.3. The quantitative estimate of drug-likeness (QED) is 0.831. The number of carbonyl (C=O) groups is 3. The molecule has 7 heteroatoms. The fourth-order valence-corrected chi connectivity index (χ4v) is 2.17. The molecule has 0 aromatic heterocycles. The molecule has 136 valence electrons. The van der Waals surface area contributed by atoms with Gasteiger partial charge in [-0.1, -0.05) is 0 Å². The van der Waals surface area contributed by atoms with Gasteiger partial charge >= 0.3 is 12.1 Å². The molecule has 0 atom stereocenters. The monoisotopic (exact) mass is 356 g/mol. The Morgan fingerprint density at radius 1 is 0.962 bits per heavy atom. The minimum atomic E-state index is -0.460. The molecule has 2 rings (SSSR count). The van der Waals surface area contributed by atoms with Crippen LogP contribution in [0.5, 0.6) is 0 Å². The van der Waals surface area contributed by atoms with Crippen molar-refractivity contribution in [3.63, 3.8) is 0 Å². The number of methoxy groups -OCH3 is 1. The van der Waals surface area contributed by atoms with Gasteiger partial charge in [-0.25, -0.2) is 9.59 Å². The molecule has 0 unspecified atom stereocenters. The van der Waals surface area contributed by atoms with Gasteiger partial charge in [0.2, 0.25) is 0 Å². The Hall–Kier alpha value is -3.35. The lowest BCUT2D eigenvalue weighted by molar-refractivity contribution is 0.0600. The van der Waals surface area contributed by atoms with E-state index >= 15 is 0 Å². The largest absolute Gasteiger partial charge is 0.465 e. The van der Waals surface area contributed by atoms with Gasteiger partial charge in [-0.3, -0.25) is 9.69 Å². The Morgan fingerprint density at radius 3 is 2.08 bits per heavy atom. The van der Waals surface area contributed by atoms with Crippen LogP contribution in [0.25, 0.3) is 0 Å². The average molecular weight is 356 g/mol. The van der Waals surface area contributed by atoms with Crippen molar-refractivity contribution < 1.29 is 23.9 Å². The van der Waals surface area contributed by atoms with Crippen molar-refractivity contribution in [2.75, 3.05) is 31.0 Å². The maximum Gasteiger partial charge on any atom is 0.413 e. The summed E-state index contributed by atoms with van der Waals surface area (Å²) in [5.74, 6) is -0.772. The number of nitrogens with zero attached hydrogens (tertiary/aromatic N) is 1. The lowest BCUT2D eigenvalue weighted by Crippen LogP contribution is -2.26. The van der Waals surface area contributed by atoms with Gasteiger partial charge in [-0.2, -0.15) is 0 Å². The number of amides is 2. The molecular formula is C19H20N2O5. The number of anilines is 2. The van der Waals surface area contributed by atoms with E-state index in [-0.39, 0.29) is 5.91 Å². The molecule has 0 aliphatic heterocycles. The fourth-order valence-electron chi connectivity index (χ4n) is 2.17. The standard InChI is InChI=1S/C19H20N2O5/c1-4-26-19(24)21(2)16-11-9-15(10-12-16)20-17(22)13-5-7-14(8-6-13)18(23)25-3/h5-12H,4H2,1-3H3,(H,20,22).